The van der Waals surface area contributed by atoms with Crippen LogP contribution in [0.4, 0.5) is 26.3 Å². The van der Waals surface area contributed by atoms with Crippen LogP contribution in [0.3, 0.4) is 0 Å². The summed E-state index contributed by atoms with van der Waals surface area (Å²) in [6.45, 7) is 4.68. The molecule has 0 atom stereocenters. The first-order valence-corrected chi connectivity index (χ1v) is 20.5. The molecule has 0 saturated heterocycles. The van der Waals surface area contributed by atoms with Crippen molar-refractivity contribution in [3.63, 3.8) is 0 Å². The predicted octanol–water partition coefficient (Wildman–Crippen LogP) is 15.2. The van der Waals surface area contributed by atoms with Crippen LogP contribution in [0.1, 0.15) is 114 Å². The molecule has 2 radical (unpaired) electrons. The van der Waals surface area contributed by atoms with Crippen LogP contribution < -0.4 is 0 Å². The summed E-state index contributed by atoms with van der Waals surface area (Å²) in [6, 6.07) is 26.5. The normalized spacial score (nSPS) is 23.1. The van der Waals surface area contributed by atoms with Gasteiger partial charge in [0.05, 0.1) is 0 Å². The summed E-state index contributed by atoms with van der Waals surface area (Å²) in [5, 5.41) is 0. The van der Waals surface area contributed by atoms with E-state index in [4.69, 9.17) is 0 Å². The molecule has 0 aliphatic heterocycles. The summed E-state index contributed by atoms with van der Waals surface area (Å²) in [6.07, 6.45) is 15.2. The molecule has 3 saturated carbocycles. The van der Waals surface area contributed by atoms with Gasteiger partial charge in [-0.15, -0.1) is 47.5 Å². The Balaban J connectivity index is 0.000000214. The molecule has 300 valence electrons. The molecule has 8 heteroatoms. The maximum Gasteiger partial charge on any atom is 0.129 e. The third-order valence-corrected chi connectivity index (χ3v) is 12.9. The maximum absolute atomic E-state index is 14.7. The fourth-order valence-electron chi connectivity index (χ4n) is 9.48. The van der Waals surface area contributed by atoms with Crippen molar-refractivity contribution in [2.45, 2.75) is 103 Å². The van der Waals surface area contributed by atoms with Gasteiger partial charge in [-0.1, -0.05) is 88.1 Å². The quantitative estimate of drug-likeness (QED) is 0.118. The second-order valence-electron chi connectivity index (χ2n) is 16.8. The predicted molar refractivity (Wildman–Crippen MR) is 213 cm³/mol. The first kappa shape index (κ1) is 46.9. The molecule has 5 aromatic rings. The van der Waals surface area contributed by atoms with Crippen LogP contribution in [0.5, 0.6) is 0 Å². The molecule has 0 heterocycles. The van der Waals surface area contributed by atoms with Gasteiger partial charge in [0.1, 0.15) is 11.6 Å². The van der Waals surface area contributed by atoms with E-state index in [-0.39, 0.29) is 87.7 Å². The van der Waals surface area contributed by atoms with Crippen LogP contribution in [-0.4, -0.2) is 0 Å². The fourth-order valence-corrected chi connectivity index (χ4v) is 9.48. The molecule has 0 amide bonds. The average molecular weight is 943 g/mol. The summed E-state index contributed by atoms with van der Waals surface area (Å²) in [5.74, 6) is 0.207. The first-order chi connectivity index (χ1) is 27.0. The number of hydrogen-bond donors (Lipinski definition) is 0. The Morgan fingerprint density at radius 3 is 1.21 bits per heavy atom. The molecule has 0 bridgehead atoms. The van der Waals surface area contributed by atoms with Gasteiger partial charge in [0, 0.05) is 88.7 Å². The molecule has 0 spiro atoms. The topological polar surface area (TPSA) is 0 Å². The van der Waals surface area contributed by atoms with Crippen LogP contribution in [0.25, 0.3) is 33.4 Å². The van der Waals surface area contributed by atoms with Crippen molar-refractivity contribution in [3.8, 4) is 33.4 Å². The Morgan fingerprint density at radius 2 is 0.741 bits per heavy atom. The second kappa shape index (κ2) is 21.6. The van der Waals surface area contributed by atoms with Gasteiger partial charge < -0.3 is 0 Å². The number of rotatable bonds is 6. The van der Waals surface area contributed by atoms with Crippen molar-refractivity contribution < 1.29 is 91.8 Å². The van der Waals surface area contributed by atoms with Gasteiger partial charge in [0.15, 0.2) is 0 Å². The summed E-state index contributed by atoms with van der Waals surface area (Å²) in [7, 11) is 0. The van der Waals surface area contributed by atoms with E-state index in [1.54, 1.807) is 24.3 Å². The van der Waals surface area contributed by atoms with Crippen molar-refractivity contribution in [2.75, 3.05) is 0 Å². The second-order valence-corrected chi connectivity index (χ2v) is 16.8. The minimum absolute atomic E-state index is 0. The van der Waals surface area contributed by atoms with Gasteiger partial charge in [-0.3, -0.25) is 0 Å². The number of hydrogen-bond acceptors (Lipinski definition) is 0. The van der Waals surface area contributed by atoms with Gasteiger partial charge in [-0.2, -0.15) is 0 Å². The van der Waals surface area contributed by atoms with E-state index >= 15 is 0 Å². The van der Waals surface area contributed by atoms with Crippen LogP contribution in [0.15, 0.2) is 84.9 Å². The third kappa shape index (κ3) is 12.0. The first-order valence-electron chi connectivity index (χ1n) is 20.5. The van der Waals surface area contributed by atoms with Gasteiger partial charge >= 0.3 is 0 Å². The molecule has 3 fully saturated rings. The van der Waals surface area contributed by atoms with E-state index in [1.165, 1.54) is 75.8 Å². The SMILES string of the molecule is CC1CCC(C2CCC(c3ccc(-c4cc(F)[c-]c(F)c4)c(F)c3)CC2)CC1.CC1CCC(c2ccc(-c3ccc(-c4cc(F)[c-]c(F)c4)c(F)c3)cc2)CC1.[Y].[Y]. The average Bonchev–Trinajstić information content (AvgIpc) is 3.18. The van der Waals surface area contributed by atoms with Crippen molar-refractivity contribution in [3.05, 3.63) is 143 Å². The molecular formula is C50H50F6Y2-2. The fraction of sp³-hybridized carbons (Fsp3) is 0.400. The molecule has 0 N–H and O–H groups in total. The molecule has 8 rings (SSSR count). The molecule has 0 aromatic heterocycles. The molecule has 58 heavy (non-hydrogen) atoms. The Kier molecular flexibility index (Phi) is 17.5. The van der Waals surface area contributed by atoms with E-state index in [0.29, 0.717) is 11.8 Å². The zero-order valence-corrected chi connectivity index (χ0v) is 39.1. The molecule has 0 unspecified atom stereocenters. The summed E-state index contributed by atoms with van der Waals surface area (Å²) in [4.78, 5) is 0. The third-order valence-electron chi connectivity index (χ3n) is 12.9. The molecule has 3 aliphatic rings. The minimum atomic E-state index is -0.842. The standard InChI is InChI=1S/C25H28F3.C25H22F3.2Y/c2*1-16-2-4-17(5-3-16)18-6-8-19(9-7-18)20-10-11-24(25(28)14-20)21-12-22(26)15-23(27)13-21;;/h10-14,16-19H,2-9H2,1H3;6-14,16-17H,2-5H2,1H3;;/q2*-1;;. The summed E-state index contributed by atoms with van der Waals surface area (Å²) < 4.78 is 82.9. The van der Waals surface area contributed by atoms with Crippen LogP contribution in [-0.2, 0) is 65.4 Å². The summed E-state index contributed by atoms with van der Waals surface area (Å²) >= 11 is 0. The Labute approximate surface area is 391 Å². The summed E-state index contributed by atoms with van der Waals surface area (Å²) in [5.41, 5.74) is 4.82. The van der Waals surface area contributed by atoms with Crippen LogP contribution in [0.2, 0.25) is 0 Å². The number of benzene rings is 5. The van der Waals surface area contributed by atoms with E-state index in [2.05, 4.69) is 26.0 Å². The Hall–Kier alpha value is -2.11. The Bertz CT molecular complexity index is 2050. The molecule has 3 aliphatic carbocycles. The zero-order chi connectivity index (χ0) is 39.3. The minimum Gasteiger partial charge on any atom is -0.236 e. The largest absolute Gasteiger partial charge is 0.236 e. The number of halogens is 6. The Morgan fingerprint density at radius 1 is 0.379 bits per heavy atom. The van der Waals surface area contributed by atoms with E-state index in [0.717, 1.165) is 77.5 Å². The van der Waals surface area contributed by atoms with E-state index in [9.17, 15) is 26.3 Å². The molecule has 5 aromatic carbocycles. The van der Waals surface area contributed by atoms with Gasteiger partial charge in [-0.05, 0) is 132 Å². The van der Waals surface area contributed by atoms with Crippen LogP contribution >= 0.6 is 0 Å². The van der Waals surface area contributed by atoms with Crippen molar-refractivity contribution in [1.82, 2.24) is 0 Å². The monoisotopic (exact) mass is 942 g/mol. The van der Waals surface area contributed by atoms with Gasteiger partial charge in [0.2, 0.25) is 0 Å². The van der Waals surface area contributed by atoms with Crippen molar-refractivity contribution >= 4 is 0 Å². The van der Waals surface area contributed by atoms with Crippen LogP contribution in [0, 0.1) is 70.7 Å². The zero-order valence-electron chi connectivity index (χ0n) is 33.5. The van der Waals surface area contributed by atoms with Crippen molar-refractivity contribution in [1.29, 1.82) is 0 Å². The van der Waals surface area contributed by atoms with E-state index in [1.807, 2.05) is 30.3 Å². The van der Waals surface area contributed by atoms with E-state index < -0.39 is 34.9 Å². The van der Waals surface area contributed by atoms with Gasteiger partial charge in [0.25, 0.3) is 0 Å². The molecule has 0 nitrogen and oxygen atoms in total. The maximum atomic E-state index is 14.7. The smallest absolute Gasteiger partial charge is 0.129 e. The molecular weight excluding hydrogens is 892 g/mol. The van der Waals surface area contributed by atoms with Crippen molar-refractivity contribution in [2.24, 2.45) is 23.7 Å². The van der Waals surface area contributed by atoms with Gasteiger partial charge in [-0.25, -0.2) is 26.3 Å².